The summed E-state index contributed by atoms with van der Waals surface area (Å²) in [6.45, 7) is 0.451. The zero-order valence-corrected chi connectivity index (χ0v) is 16.1. The predicted octanol–water partition coefficient (Wildman–Crippen LogP) is 2.07. The van der Waals surface area contributed by atoms with Crippen LogP contribution in [0, 0.1) is 5.82 Å². The van der Waals surface area contributed by atoms with Gasteiger partial charge in [-0.2, -0.15) is 0 Å². The van der Waals surface area contributed by atoms with Crippen LogP contribution in [-0.4, -0.2) is 46.4 Å². The number of rotatable bonds is 7. The molecule has 156 valence electrons. The number of hydrogen-bond acceptors (Lipinski definition) is 7. The monoisotopic (exact) mass is 413 g/mol. The average molecular weight is 413 g/mol. The Balaban J connectivity index is 2.08. The number of para-hydroxylation sites is 1. The smallest absolute Gasteiger partial charge is 0.360 e. The van der Waals surface area contributed by atoms with Crippen LogP contribution < -0.4 is 10.5 Å². The fourth-order valence-corrected chi connectivity index (χ4v) is 3.00. The summed E-state index contributed by atoms with van der Waals surface area (Å²) in [5, 5.41) is 19.4. The molecule has 0 amide bonds. The van der Waals surface area contributed by atoms with E-state index in [1.165, 1.54) is 12.1 Å². The van der Waals surface area contributed by atoms with Crippen molar-refractivity contribution in [3.63, 3.8) is 0 Å². The number of benzene rings is 2. The van der Waals surface area contributed by atoms with E-state index in [1.807, 2.05) is 4.90 Å². The highest BCUT2D eigenvalue weighted by Crippen LogP contribution is 2.30. The number of halogens is 1. The number of hydrogen-bond donors (Lipinski definition) is 3. The van der Waals surface area contributed by atoms with Crippen LogP contribution in [-0.2, 0) is 11.3 Å². The third-order valence-electron chi connectivity index (χ3n) is 4.43. The van der Waals surface area contributed by atoms with E-state index in [9.17, 15) is 24.2 Å². The van der Waals surface area contributed by atoms with Gasteiger partial charge in [-0.05, 0) is 29.8 Å². The number of aliphatic hydroxyl groups excluding tert-OH is 1. The topological polar surface area (TPSA) is 116 Å². The molecule has 0 saturated heterocycles. The molecule has 1 aromatic heterocycles. The third kappa shape index (κ3) is 4.47. The Labute approximate surface area is 171 Å². The highest BCUT2D eigenvalue weighted by molar-refractivity contribution is 5.90. The van der Waals surface area contributed by atoms with Gasteiger partial charge in [0.1, 0.15) is 11.6 Å². The number of esters is 1. The van der Waals surface area contributed by atoms with Gasteiger partial charge in [0.05, 0.1) is 13.7 Å². The van der Waals surface area contributed by atoms with Gasteiger partial charge in [0, 0.05) is 24.3 Å². The minimum atomic E-state index is -0.948. The van der Waals surface area contributed by atoms with E-state index < -0.39 is 23.0 Å². The first-order valence-corrected chi connectivity index (χ1v) is 9.05. The van der Waals surface area contributed by atoms with Crippen LogP contribution in [0.25, 0.3) is 11.4 Å². The number of carbonyl (C=O) groups is 1. The minimum absolute atomic E-state index is 0.0517. The summed E-state index contributed by atoms with van der Waals surface area (Å²) in [6.07, 6.45) is 0. The van der Waals surface area contributed by atoms with Gasteiger partial charge in [-0.15, -0.1) is 0 Å². The van der Waals surface area contributed by atoms with Crippen LogP contribution in [0.4, 0.5) is 10.1 Å². The number of aromatic nitrogens is 2. The summed E-state index contributed by atoms with van der Waals surface area (Å²) in [4.78, 5) is 32.4. The zero-order valence-electron chi connectivity index (χ0n) is 16.1. The molecule has 0 aliphatic rings. The van der Waals surface area contributed by atoms with Crippen molar-refractivity contribution >= 4 is 11.7 Å². The molecule has 3 N–H and O–H groups in total. The van der Waals surface area contributed by atoms with Crippen LogP contribution in [0.15, 0.2) is 53.3 Å². The molecule has 3 aromatic rings. The number of aromatic amines is 1. The van der Waals surface area contributed by atoms with E-state index in [0.717, 1.165) is 12.7 Å². The van der Waals surface area contributed by atoms with Crippen molar-refractivity contribution in [3.05, 3.63) is 76.0 Å². The number of carbonyl (C=O) groups excluding carboxylic acids is 1. The van der Waals surface area contributed by atoms with Gasteiger partial charge in [0.2, 0.25) is 5.75 Å². The van der Waals surface area contributed by atoms with E-state index in [2.05, 4.69) is 14.7 Å². The Hall–Kier alpha value is -3.72. The molecule has 0 saturated carbocycles. The van der Waals surface area contributed by atoms with E-state index in [4.69, 9.17) is 0 Å². The Kier molecular flexibility index (Phi) is 6.43. The number of ether oxygens (including phenoxy) is 1. The number of aromatic hydroxyl groups is 1. The molecule has 3 rings (SSSR count). The number of nitrogens with zero attached hydrogens (tertiary/aromatic N) is 2. The number of H-pyrrole nitrogens is 1. The number of anilines is 1. The summed E-state index contributed by atoms with van der Waals surface area (Å²) in [5.74, 6) is -2.08. The Bertz CT molecular complexity index is 1100. The van der Waals surface area contributed by atoms with Crippen molar-refractivity contribution in [1.82, 2.24) is 9.97 Å². The fourth-order valence-electron chi connectivity index (χ4n) is 3.00. The first-order valence-electron chi connectivity index (χ1n) is 9.05. The predicted molar refractivity (Wildman–Crippen MR) is 108 cm³/mol. The fraction of sp³-hybridized carbons (Fsp3) is 0.190. The SMILES string of the molecule is COC(=O)c1nc(-c2ccccc2N(CCO)Cc2ccc(F)cc2)[nH]c(=O)c1O. The molecule has 0 aliphatic heterocycles. The number of aliphatic hydroxyl groups is 1. The number of nitrogens with one attached hydrogen (secondary N) is 1. The third-order valence-corrected chi connectivity index (χ3v) is 4.43. The van der Waals surface area contributed by atoms with E-state index in [-0.39, 0.29) is 24.8 Å². The van der Waals surface area contributed by atoms with Gasteiger partial charge in [-0.25, -0.2) is 14.2 Å². The second-order valence-corrected chi connectivity index (χ2v) is 6.39. The summed E-state index contributed by atoms with van der Waals surface area (Å²) < 4.78 is 17.8. The highest BCUT2D eigenvalue weighted by atomic mass is 19.1. The standard InChI is InChI=1S/C21H20FN3O5/c1-30-21(29)17-18(27)20(28)24-19(23-17)15-4-2-3-5-16(15)25(10-11-26)12-13-6-8-14(22)9-7-13/h2-9,26-27H,10-12H2,1H3,(H,23,24,28). The zero-order chi connectivity index (χ0) is 21.7. The lowest BCUT2D eigenvalue weighted by atomic mass is 10.1. The van der Waals surface area contributed by atoms with E-state index in [0.29, 0.717) is 17.8 Å². The molecule has 0 aliphatic carbocycles. The van der Waals surface area contributed by atoms with Crippen LogP contribution >= 0.6 is 0 Å². The van der Waals surface area contributed by atoms with Gasteiger partial charge in [-0.3, -0.25) is 4.79 Å². The maximum absolute atomic E-state index is 13.2. The van der Waals surface area contributed by atoms with Gasteiger partial charge in [0.25, 0.3) is 5.56 Å². The summed E-state index contributed by atoms with van der Waals surface area (Å²) >= 11 is 0. The molecular formula is C21H20FN3O5. The van der Waals surface area contributed by atoms with Crippen LogP contribution in [0.5, 0.6) is 5.75 Å². The molecular weight excluding hydrogens is 393 g/mol. The molecule has 0 spiro atoms. The van der Waals surface area contributed by atoms with E-state index in [1.54, 1.807) is 36.4 Å². The largest absolute Gasteiger partial charge is 0.501 e. The van der Waals surface area contributed by atoms with Crippen molar-refractivity contribution in [1.29, 1.82) is 0 Å². The molecule has 1 heterocycles. The van der Waals surface area contributed by atoms with Gasteiger partial charge < -0.3 is 24.8 Å². The Morgan fingerprint density at radius 2 is 1.90 bits per heavy atom. The molecule has 8 nitrogen and oxygen atoms in total. The molecule has 30 heavy (non-hydrogen) atoms. The number of methoxy groups -OCH3 is 1. The van der Waals surface area contributed by atoms with Gasteiger partial charge in [-0.1, -0.05) is 24.3 Å². The molecule has 9 heteroatoms. The van der Waals surface area contributed by atoms with Crippen molar-refractivity contribution in [2.24, 2.45) is 0 Å². The summed E-state index contributed by atoms with van der Waals surface area (Å²) in [6, 6.07) is 12.9. The lowest BCUT2D eigenvalue weighted by Crippen LogP contribution is -2.27. The Morgan fingerprint density at radius 3 is 2.57 bits per heavy atom. The second-order valence-electron chi connectivity index (χ2n) is 6.39. The van der Waals surface area contributed by atoms with Crippen molar-refractivity contribution < 1.29 is 24.1 Å². The summed E-state index contributed by atoms with van der Waals surface area (Å²) in [5.41, 5.74) is 0.499. The molecule has 0 atom stereocenters. The lowest BCUT2D eigenvalue weighted by molar-refractivity contribution is 0.0590. The van der Waals surface area contributed by atoms with Crippen LogP contribution in [0.1, 0.15) is 16.1 Å². The van der Waals surface area contributed by atoms with E-state index >= 15 is 0 Å². The van der Waals surface area contributed by atoms with Gasteiger partial charge >= 0.3 is 5.97 Å². The molecule has 0 unspecified atom stereocenters. The minimum Gasteiger partial charge on any atom is -0.501 e. The maximum Gasteiger partial charge on any atom is 0.360 e. The second kappa shape index (κ2) is 9.19. The maximum atomic E-state index is 13.2. The Morgan fingerprint density at radius 1 is 1.20 bits per heavy atom. The van der Waals surface area contributed by atoms with Crippen molar-refractivity contribution in [2.75, 3.05) is 25.2 Å². The highest BCUT2D eigenvalue weighted by Gasteiger charge is 2.21. The van der Waals surface area contributed by atoms with Gasteiger partial charge in [0.15, 0.2) is 5.69 Å². The molecule has 0 radical (unpaired) electrons. The average Bonchev–Trinajstić information content (AvgIpc) is 2.76. The quantitative estimate of drug-likeness (QED) is 0.508. The van der Waals surface area contributed by atoms with Crippen LogP contribution in [0.2, 0.25) is 0 Å². The lowest BCUT2D eigenvalue weighted by Gasteiger charge is -2.26. The van der Waals surface area contributed by atoms with Crippen molar-refractivity contribution in [3.8, 4) is 17.1 Å². The van der Waals surface area contributed by atoms with Crippen LogP contribution in [0.3, 0.4) is 0 Å². The summed E-state index contributed by atoms with van der Waals surface area (Å²) in [7, 11) is 1.12. The molecule has 2 aromatic carbocycles. The molecule has 0 fully saturated rings. The normalized spacial score (nSPS) is 10.6. The first kappa shape index (κ1) is 21.0. The molecule has 0 bridgehead atoms. The first-order chi connectivity index (χ1) is 14.4. The van der Waals surface area contributed by atoms with Crippen molar-refractivity contribution in [2.45, 2.75) is 6.54 Å².